The van der Waals surface area contributed by atoms with Crippen LogP contribution in [0.3, 0.4) is 0 Å². The van der Waals surface area contributed by atoms with E-state index < -0.39 is 17.9 Å². The van der Waals surface area contributed by atoms with E-state index in [1.807, 2.05) is 0 Å². The molecule has 0 aromatic heterocycles. The minimum Gasteiger partial charge on any atom is -0.479 e. The fraction of sp³-hybridized carbons (Fsp3) is 0.333. The molecule has 0 radical (unpaired) electrons. The number of nitrogens with zero attached hydrogens (tertiary/aromatic N) is 1. The molecule has 0 saturated heterocycles. The predicted molar refractivity (Wildman–Crippen MR) is 72.7 cm³/mol. The zero-order valence-corrected chi connectivity index (χ0v) is 10.9. The molecule has 5 nitrogen and oxygen atoms in total. The minimum absolute atomic E-state index is 0.179. The van der Waals surface area contributed by atoms with Crippen molar-refractivity contribution in [1.82, 2.24) is 0 Å². The monoisotopic (exact) mass is 273 g/mol. The molecule has 0 amide bonds. The molecule has 1 N–H and O–H groups in total. The molecule has 1 aliphatic rings. The summed E-state index contributed by atoms with van der Waals surface area (Å²) in [6.45, 7) is 0. The normalized spacial score (nSPS) is 18.4. The lowest BCUT2D eigenvalue weighted by molar-refractivity contribution is -0.139. The maximum Gasteiger partial charge on any atom is 0.333 e. The van der Waals surface area contributed by atoms with Crippen LogP contribution in [0.1, 0.15) is 30.9 Å². The highest BCUT2D eigenvalue weighted by molar-refractivity contribution is 6.15. The number of Topliss-reactive ketones (excluding diaryl/α,β-unsaturated/α-hetero) is 2. The van der Waals surface area contributed by atoms with Crippen molar-refractivity contribution in [2.75, 3.05) is 0 Å². The van der Waals surface area contributed by atoms with Crippen molar-refractivity contribution in [3.05, 3.63) is 35.9 Å². The Morgan fingerprint density at radius 3 is 2.35 bits per heavy atom. The van der Waals surface area contributed by atoms with Crippen molar-refractivity contribution >= 4 is 23.8 Å². The molecule has 0 unspecified atom stereocenters. The summed E-state index contributed by atoms with van der Waals surface area (Å²) in [5.41, 5.74) is 0.520. The third-order valence-corrected chi connectivity index (χ3v) is 3.27. The smallest absolute Gasteiger partial charge is 0.333 e. The van der Waals surface area contributed by atoms with Gasteiger partial charge in [0.25, 0.3) is 0 Å². The SMILES string of the molecule is O=C1CCCC(=O)C1C=N[C@@H](C(=O)O)c1ccccc1. The molecule has 1 atom stereocenters. The molecule has 0 spiro atoms. The average Bonchev–Trinajstić information content (AvgIpc) is 2.43. The Bertz CT molecular complexity index is 534. The number of carboxylic acid groups (broad SMARTS) is 1. The van der Waals surface area contributed by atoms with Gasteiger partial charge in [-0.1, -0.05) is 30.3 Å². The molecule has 1 aromatic rings. The van der Waals surface area contributed by atoms with E-state index in [4.69, 9.17) is 0 Å². The Morgan fingerprint density at radius 1 is 1.20 bits per heavy atom. The first kappa shape index (κ1) is 14.1. The Hall–Kier alpha value is -2.30. The lowest BCUT2D eigenvalue weighted by Crippen LogP contribution is -2.30. The summed E-state index contributed by atoms with van der Waals surface area (Å²) in [5.74, 6) is -2.35. The van der Waals surface area contributed by atoms with Gasteiger partial charge < -0.3 is 5.11 Å². The molecule has 1 aromatic carbocycles. The van der Waals surface area contributed by atoms with Gasteiger partial charge in [0.2, 0.25) is 0 Å². The first-order valence-corrected chi connectivity index (χ1v) is 6.46. The zero-order chi connectivity index (χ0) is 14.5. The molecule has 0 heterocycles. The molecule has 1 aliphatic carbocycles. The highest BCUT2D eigenvalue weighted by Gasteiger charge is 2.29. The van der Waals surface area contributed by atoms with Crippen LogP contribution in [0.25, 0.3) is 0 Å². The summed E-state index contributed by atoms with van der Waals surface area (Å²) in [6.07, 6.45) is 2.48. The molecule has 20 heavy (non-hydrogen) atoms. The first-order valence-electron chi connectivity index (χ1n) is 6.46. The third-order valence-electron chi connectivity index (χ3n) is 3.27. The van der Waals surface area contributed by atoms with Gasteiger partial charge in [-0.25, -0.2) is 4.79 Å². The molecular weight excluding hydrogens is 258 g/mol. The molecule has 1 fully saturated rings. The van der Waals surface area contributed by atoms with E-state index in [-0.39, 0.29) is 11.6 Å². The summed E-state index contributed by atoms with van der Waals surface area (Å²) in [4.78, 5) is 38.5. The Labute approximate surface area is 116 Å². The van der Waals surface area contributed by atoms with Gasteiger partial charge in [0.15, 0.2) is 6.04 Å². The number of aliphatic carboxylic acids is 1. The largest absolute Gasteiger partial charge is 0.479 e. The van der Waals surface area contributed by atoms with Gasteiger partial charge in [-0.05, 0) is 12.0 Å². The van der Waals surface area contributed by atoms with Crippen LogP contribution in [0.15, 0.2) is 35.3 Å². The van der Waals surface area contributed by atoms with Gasteiger partial charge >= 0.3 is 5.97 Å². The van der Waals surface area contributed by atoms with Crippen molar-refractivity contribution in [2.45, 2.75) is 25.3 Å². The van der Waals surface area contributed by atoms with Crippen LogP contribution < -0.4 is 0 Å². The van der Waals surface area contributed by atoms with E-state index in [1.165, 1.54) is 6.21 Å². The highest BCUT2D eigenvalue weighted by atomic mass is 16.4. The second-order valence-electron chi connectivity index (χ2n) is 4.71. The highest BCUT2D eigenvalue weighted by Crippen LogP contribution is 2.20. The van der Waals surface area contributed by atoms with Gasteiger partial charge in [0.05, 0.1) is 0 Å². The summed E-state index contributed by atoms with van der Waals surface area (Å²) < 4.78 is 0. The van der Waals surface area contributed by atoms with Gasteiger partial charge in [0, 0.05) is 19.1 Å². The molecule has 0 bridgehead atoms. The Balaban J connectivity index is 2.20. The zero-order valence-electron chi connectivity index (χ0n) is 10.9. The van der Waals surface area contributed by atoms with E-state index in [0.29, 0.717) is 24.8 Å². The number of hydrogen-bond acceptors (Lipinski definition) is 4. The van der Waals surface area contributed by atoms with Crippen molar-refractivity contribution in [1.29, 1.82) is 0 Å². The van der Waals surface area contributed by atoms with Crippen LogP contribution in [0.2, 0.25) is 0 Å². The van der Waals surface area contributed by atoms with Crippen LogP contribution in [0, 0.1) is 5.92 Å². The molecule has 1 saturated carbocycles. The van der Waals surface area contributed by atoms with E-state index >= 15 is 0 Å². The van der Waals surface area contributed by atoms with Crippen LogP contribution in [0.5, 0.6) is 0 Å². The lowest BCUT2D eigenvalue weighted by Gasteiger charge is -2.16. The van der Waals surface area contributed by atoms with Gasteiger partial charge in [-0.3, -0.25) is 14.6 Å². The van der Waals surface area contributed by atoms with Crippen LogP contribution in [-0.4, -0.2) is 28.9 Å². The van der Waals surface area contributed by atoms with Crippen LogP contribution >= 0.6 is 0 Å². The number of carboxylic acids is 1. The van der Waals surface area contributed by atoms with E-state index in [9.17, 15) is 19.5 Å². The number of rotatable bonds is 4. The van der Waals surface area contributed by atoms with Crippen LogP contribution in [-0.2, 0) is 14.4 Å². The summed E-state index contributed by atoms with van der Waals surface area (Å²) >= 11 is 0. The maximum absolute atomic E-state index is 11.7. The summed E-state index contributed by atoms with van der Waals surface area (Å²) in [7, 11) is 0. The molecule has 104 valence electrons. The van der Waals surface area contributed by atoms with Gasteiger partial charge in [0.1, 0.15) is 17.5 Å². The molecule has 2 rings (SSSR count). The fourth-order valence-corrected chi connectivity index (χ4v) is 2.19. The number of carbonyl (C=O) groups is 3. The molecular formula is C15H15NO4. The lowest BCUT2D eigenvalue weighted by atomic mass is 9.87. The fourth-order valence-electron chi connectivity index (χ4n) is 2.19. The van der Waals surface area contributed by atoms with Crippen molar-refractivity contribution < 1.29 is 19.5 Å². The van der Waals surface area contributed by atoms with Crippen LogP contribution in [0.4, 0.5) is 0 Å². The molecule has 0 aliphatic heterocycles. The minimum atomic E-state index is -1.11. The van der Waals surface area contributed by atoms with E-state index in [0.717, 1.165) is 0 Å². The van der Waals surface area contributed by atoms with Crippen molar-refractivity contribution in [3.8, 4) is 0 Å². The number of carbonyl (C=O) groups excluding carboxylic acids is 2. The standard InChI is InChI=1S/C15H15NO4/c17-12-7-4-8-13(18)11(12)9-16-14(15(19)20)10-5-2-1-3-6-10/h1-3,5-6,9,11,14H,4,7-8H2,(H,19,20)/t14-/m1/s1. The second kappa shape index (κ2) is 6.23. The maximum atomic E-state index is 11.7. The quantitative estimate of drug-likeness (QED) is 0.670. The Morgan fingerprint density at radius 2 is 1.80 bits per heavy atom. The van der Waals surface area contributed by atoms with Crippen molar-refractivity contribution in [3.63, 3.8) is 0 Å². The van der Waals surface area contributed by atoms with Crippen molar-refractivity contribution in [2.24, 2.45) is 10.9 Å². The first-order chi connectivity index (χ1) is 9.59. The number of benzene rings is 1. The number of aliphatic imine (C=N–C) groups is 1. The summed E-state index contributed by atoms with van der Waals surface area (Å²) in [5, 5.41) is 9.20. The van der Waals surface area contributed by atoms with Gasteiger partial charge in [-0.2, -0.15) is 0 Å². The molecule has 5 heteroatoms. The Kier molecular flexibility index (Phi) is 4.40. The van der Waals surface area contributed by atoms with Gasteiger partial charge in [-0.15, -0.1) is 0 Å². The predicted octanol–water partition coefficient (Wildman–Crippen LogP) is 1.82. The number of hydrogen-bond donors (Lipinski definition) is 1. The average molecular weight is 273 g/mol. The summed E-state index contributed by atoms with van der Waals surface area (Å²) in [6, 6.07) is 7.44. The van der Waals surface area contributed by atoms with E-state index in [2.05, 4.69) is 4.99 Å². The van der Waals surface area contributed by atoms with E-state index in [1.54, 1.807) is 30.3 Å². The second-order valence-corrected chi connectivity index (χ2v) is 4.71. The topological polar surface area (TPSA) is 83.8 Å². The third kappa shape index (κ3) is 3.17. The number of ketones is 2.